The molecule has 3 heteroatoms. The Balaban J connectivity index is 2.39. The summed E-state index contributed by atoms with van der Waals surface area (Å²) < 4.78 is 0.270. The van der Waals surface area contributed by atoms with Gasteiger partial charge in [0.1, 0.15) is 5.75 Å². The number of phenolic OH excluding ortho intramolecular Hbond substituents is 1. The third-order valence-electron chi connectivity index (χ3n) is 2.16. The Bertz CT molecular complexity index is 316. The van der Waals surface area contributed by atoms with Crippen molar-refractivity contribution in [2.75, 3.05) is 5.75 Å². The number of benzene rings is 1. The Morgan fingerprint density at radius 1 is 1.25 bits per heavy atom. The zero-order valence-corrected chi connectivity index (χ0v) is 11.1. The first-order chi connectivity index (χ1) is 7.37. The summed E-state index contributed by atoms with van der Waals surface area (Å²) >= 11 is 1.89. The van der Waals surface area contributed by atoms with Gasteiger partial charge in [0, 0.05) is 16.5 Å². The average Bonchev–Trinajstić information content (AvgIpc) is 2.18. The number of hydrogen-bond acceptors (Lipinski definition) is 3. The van der Waals surface area contributed by atoms with Crippen LogP contribution in [-0.2, 0) is 6.42 Å². The maximum Gasteiger partial charge on any atom is 0.115 e. The van der Waals surface area contributed by atoms with E-state index in [1.165, 1.54) is 5.56 Å². The van der Waals surface area contributed by atoms with E-state index in [9.17, 15) is 0 Å². The van der Waals surface area contributed by atoms with Crippen LogP contribution in [0.2, 0.25) is 0 Å². The van der Waals surface area contributed by atoms with Gasteiger partial charge in [-0.15, -0.1) is 0 Å². The smallest absolute Gasteiger partial charge is 0.115 e. The number of nitrogens with two attached hydrogens (primary N) is 1. The molecule has 2 nitrogen and oxygen atoms in total. The third-order valence-corrected chi connectivity index (χ3v) is 3.63. The van der Waals surface area contributed by atoms with Crippen LogP contribution < -0.4 is 5.73 Å². The first-order valence-electron chi connectivity index (χ1n) is 5.54. The molecule has 0 aromatic heterocycles. The van der Waals surface area contributed by atoms with Gasteiger partial charge in [0.25, 0.3) is 0 Å². The molecule has 16 heavy (non-hydrogen) atoms. The van der Waals surface area contributed by atoms with Crippen LogP contribution >= 0.6 is 11.8 Å². The van der Waals surface area contributed by atoms with Crippen molar-refractivity contribution in [3.8, 4) is 5.75 Å². The van der Waals surface area contributed by atoms with E-state index in [2.05, 4.69) is 20.8 Å². The van der Waals surface area contributed by atoms with Gasteiger partial charge < -0.3 is 10.8 Å². The maximum absolute atomic E-state index is 9.17. The highest BCUT2D eigenvalue weighted by molar-refractivity contribution is 8.00. The molecule has 0 fully saturated rings. The van der Waals surface area contributed by atoms with Gasteiger partial charge in [-0.2, -0.15) is 11.8 Å². The minimum Gasteiger partial charge on any atom is -0.508 e. The van der Waals surface area contributed by atoms with Crippen molar-refractivity contribution in [2.24, 2.45) is 5.73 Å². The molecule has 0 saturated heterocycles. The Labute approximate surface area is 102 Å². The van der Waals surface area contributed by atoms with E-state index in [1.54, 1.807) is 12.1 Å². The lowest BCUT2D eigenvalue weighted by Crippen LogP contribution is -2.27. The summed E-state index contributed by atoms with van der Waals surface area (Å²) in [4.78, 5) is 0. The van der Waals surface area contributed by atoms with Crippen molar-refractivity contribution >= 4 is 11.8 Å². The molecule has 0 spiro atoms. The van der Waals surface area contributed by atoms with E-state index >= 15 is 0 Å². The molecule has 0 aliphatic heterocycles. The number of rotatable bonds is 4. The minimum atomic E-state index is 0.175. The van der Waals surface area contributed by atoms with Crippen molar-refractivity contribution in [3.63, 3.8) is 0 Å². The lowest BCUT2D eigenvalue weighted by atomic mass is 10.1. The largest absolute Gasteiger partial charge is 0.508 e. The van der Waals surface area contributed by atoms with Crippen LogP contribution in [0.5, 0.6) is 5.75 Å². The van der Waals surface area contributed by atoms with Gasteiger partial charge >= 0.3 is 0 Å². The lowest BCUT2D eigenvalue weighted by molar-refractivity contribution is 0.475. The molecule has 0 bridgehead atoms. The van der Waals surface area contributed by atoms with Crippen LogP contribution in [0, 0.1) is 0 Å². The minimum absolute atomic E-state index is 0.175. The Kier molecular flexibility index (Phi) is 4.69. The molecule has 1 rings (SSSR count). The highest BCUT2D eigenvalue weighted by Crippen LogP contribution is 2.24. The monoisotopic (exact) mass is 239 g/mol. The van der Waals surface area contributed by atoms with E-state index in [-0.39, 0.29) is 10.8 Å². The topological polar surface area (TPSA) is 46.2 Å². The highest BCUT2D eigenvalue weighted by Gasteiger charge is 2.13. The lowest BCUT2D eigenvalue weighted by Gasteiger charge is -2.20. The summed E-state index contributed by atoms with van der Waals surface area (Å²) in [6, 6.07) is 7.44. The zero-order valence-electron chi connectivity index (χ0n) is 10.2. The van der Waals surface area contributed by atoms with E-state index in [0.717, 1.165) is 12.2 Å². The molecule has 3 N–H and O–H groups in total. The van der Waals surface area contributed by atoms with Crippen molar-refractivity contribution in [2.45, 2.75) is 38.0 Å². The first-order valence-corrected chi connectivity index (χ1v) is 6.53. The Morgan fingerprint density at radius 3 is 2.31 bits per heavy atom. The summed E-state index contributed by atoms with van der Waals surface area (Å²) in [6.45, 7) is 6.60. The van der Waals surface area contributed by atoms with Crippen LogP contribution in [0.25, 0.3) is 0 Å². The molecule has 0 heterocycles. The molecule has 1 aromatic carbocycles. The van der Waals surface area contributed by atoms with Gasteiger partial charge in [0.05, 0.1) is 0 Å². The second-order valence-electron chi connectivity index (χ2n) is 5.05. The molecule has 1 unspecified atom stereocenters. The number of phenols is 1. The average molecular weight is 239 g/mol. The summed E-state index contributed by atoms with van der Waals surface area (Å²) in [7, 11) is 0. The fourth-order valence-electron chi connectivity index (χ4n) is 1.35. The van der Waals surface area contributed by atoms with Crippen LogP contribution in [-0.4, -0.2) is 21.6 Å². The summed E-state index contributed by atoms with van der Waals surface area (Å²) in [5.74, 6) is 1.27. The molecular formula is C13H21NOS. The molecular weight excluding hydrogens is 218 g/mol. The molecule has 1 atom stereocenters. The molecule has 90 valence electrons. The molecule has 0 amide bonds. The zero-order chi connectivity index (χ0) is 12.2. The fourth-order valence-corrected chi connectivity index (χ4v) is 2.18. The predicted octanol–water partition coefficient (Wildman–Crippen LogP) is 2.79. The van der Waals surface area contributed by atoms with Crippen LogP contribution in [0.15, 0.2) is 24.3 Å². The highest BCUT2D eigenvalue weighted by atomic mass is 32.2. The van der Waals surface area contributed by atoms with Crippen LogP contribution in [0.4, 0.5) is 0 Å². The summed E-state index contributed by atoms with van der Waals surface area (Å²) in [6.07, 6.45) is 0.864. The summed E-state index contributed by atoms with van der Waals surface area (Å²) in [5, 5.41) is 9.17. The van der Waals surface area contributed by atoms with Crippen LogP contribution in [0.1, 0.15) is 26.3 Å². The molecule has 1 aromatic rings. The SMILES string of the molecule is CC(C)(C)SCC(N)Cc1ccc(O)cc1. The maximum atomic E-state index is 9.17. The summed E-state index contributed by atoms with van der Waals surface area (Å²) in [5.41, 5.74) is 7.25. The predicted molar refractivity (Wildman–Crippen MR) is 72.0 cm³/mol. The van der Waals surface area contributed by atoms with Crippen LogP contribution in [0.3, 0.4) is 0 Å². The third kappa shape index (κ3) is 5.42. The fraction of sp³-hybridized carbons (Fsp3) is 0.538. The van der Waals surface area contributed by atoms with E-state index < -0.39 is 0 Å². The number of thioether (sulfide) groups is 1. The van der Waals surface area contributed by atoms with Gasteiger partial charge in [0.2, 0.25) is 0 Å². The van der Waals surface area contributed by atoms with E-state index in [4.69, 9.17) is 10.8 Å². The van der Waals surface area contributed by atoms with E-state index in [1.807, 2.05) is 23.9 Å². The molecule has 0 aliphatic carbocycles. The van der Waals surface area contributed by atoms with Gasteiger partial charge in [-0.05, 0) is 24.1 Å². The second kappa shape index (κ2) is 5.60. The van der Waals surface area contributed by atoms with Gasteiger partial charge in [-0.3, -0.25) is 0 Å². The van der Waals surface area contributed by atoms with E-state index in [0.29, 0.717) is 5.75 Å². The Hall–Kier alpha value is -0.670. The van der Waals surface area contributed by atoms with Crippen molar-refractivity contribution < 1.29 is 5.11 Å². The standard InChI is InChI=1S/C13H21NOS/c1-13(2,3)16-9-11(14)8-10-4-6-12(15)7-5-10/h4-7,11,15H,8-9,14H2,1-3H3. The van der Waals surface area contributed by atoms with Gasteiger partial charge in [0.15, 0.2) is 0 Å². The number of aromatic hydroxyl groups is 1. The Morgan fingerprint density at radius 2 is 1.81 bits per heavy atom. The van der Waals surface area contributed by atoms with Crippen molar-refractivity contribution in [1.29, 1.82) is 0 Å². The quantitative estimate of drug-likeness (QED) is 0.849. The van der Waals surface area contributed by atoms with Crippen molar-refractivity contribution in [1.82, 2.24) is 0 Å². The molecule has 0 saturated carbocycles. The normalized spacial score (nSPS) is 13.8. The van der Waals surface area contributed by atoms with Crippen molar-refractivity contribution in [3.05, 3.63) is 29.8 Å². The van der Waals surface area contributed by atoms with Gasteiger partial charge in [-0.1, -0.05) is 32.9 Å². The molecule has 0 aliphatic rings. The molecule has 0 radical (unpaired) electrons. The van der Waals surface area contributed by atoms with Gasteiger partial charge in [-0.25, -0.2) is 0 Å². The number of hydrogen-bond donors (Lipinski definition) is 2. The first kappa shape index (κ1) is 13.4. The second-order valence-corrected chi connectivity index (χ2v) is 6.90.